The van der Waals surface area contributed by atoms with E-state index in [4.69, 9.17) is 0 Å². The molecular weight excluding hydrogens is 267 g/mol. The molecule has 106 valence electrons. The van der Waals surface area contributed by atoms with Gasteiger partial charge >= 0.3 is 11.9 Å². The second-order valence-electron chi connectivity index (χ2n) is 3.59. The van der Waals surface area contributed by atoms with Gasteiger partial charge in [0, 0.05) is 6.54 Å². The minimum absolute atomic E-state index is 0.0133. The Morgan fingerprint density at radius 1 is 1.32 bits per heavy atom. The summed E-state index contributed by atoms with van der Waals surface area (Å²) < 4.78 is 36.4. The maximum Gasteiger partial charge on any atom is 0.405 e. The molecule has 10 heteroatoms. The first kappa shape index (κ1) is 14.9. The number of hydrogen-bond donors (Lipinski definition) is 2. The summed E-state index contributed by atoms with van der Waals surface area (Å²) in [5, 5.41) is 15.4. The van der Waals surface area contributed by atoms with Crippen molar-refractivity contribution >= 4 is 17.5 Å². The Bertz CT molecular complexity index is 478. The molecule has 0 aliphatic heterocycles. The van der Waals surface area contributed by atoms with Crippen LogP contribution in [0.1, 0.15) is 12.6 Å². The quantitative estimate of drug-likeness (QED) is 0.633. The largest absolute Gasteiger partial charge is 0.405 e. The highest BCUT2D eigenvalue weighted by Gasteiger charge is 2.30. The average molecular weight is 279 g/mol. The summed E-state index contributed by atoms with van der Waals surface area (Å²) in [7, 11) is 0. The normalized spacial score (nSPS) is 11.2. The second-order valence-corrected chi connectivity index (χ2v) is 3.59. The summed E-state index contributed by atoms with van der Waals surface area (Å²) in [5.41, 5.74) is -0.577. The summed E-state index contributed by atoms with van der Waals surface area (Å²) in [6.45, 7) is 2.11. The topological polar surface area (TPSA) is 93.0 Å². The molecule has 0 aliphatic carbocycles. The number of nitrogens with zero attached hydrogens (tertiary/aromatic N) is 3. The molecule has 0 amide bonds. The van der Waals surface area contributed by atoms with Crippen LogP contribution in [-0.4, -0.2) is 34.2 Å². The first-order valence-corrected chi connectivity index (χ1v) is 5.32. The number of rotatable bonds is 5. The van der Waals surface area contributed by atoms with Crippen LogP contribution in [0, 0.1) is 17.0 Å². The SMILES string of the molecule is CCNc1nc(C)c([N+](=O)[O-])c(NCC(F)(F)F)n1. The van der Waals surface area contributed by atoms with Crippen molar-refractivity contribution in [1.29, 1.82) is 0 Å². The van der Waals surface area contributed by atoms with Crippen LogP contribution in [0.4, 0.5) is 30.6 Å². The van der Waals surface area contributed by atoms with Crippen LogP contribution in [0.3, 0.4) is 0 Å². The predicted octanol–water partition coefficient (Wildman–Crippen LogP) is 2.10. The summed E-state index contributed by atoms with van der Waals surface area (Å²) in [6.07, 6.45) is -4.49. The average Bonchev–Trinajstić information content (AvgIpc) is 2.24. The number of aromatic nitrogens is 2. The van der Waals surface area contributed by atoms with Crippen LogP contribution in [0.15, 0.2) is 0 Å². The fraction of sp³-hybridized carbons (Fsp3) is 0.556. The van der Waals surface area contributed by atoms with Crippen LogP contribution in [0.25, 0.3) is 0 Å². The molecule has 1 rings (SSSR count). The molecule has 0 unspecified atom stereocenters. The molecular formula is C9H12F3N5O2. The monoisotopic (exact) mass is 279 g/mol. The number of anilines is 2. The Balaban J connectivity index is 3.13. The molecule has 1 aromatic heterocycles. The minimum atomic E-state index is -4.49. The zero-order chi connectivity index (χ0) is 14.6. The summed E-state index contributed by atoms with van der Waals surface area (Å²) in [5.74, 6) is -0.416. The molecule has 7 nitrogen and oxygen atoms in total. The Labute approximate surface area is 106 Å². The molecule has 1 aromatic rings. The number of alkyl halides is 3. The molecule has 0 spiro atoms. The molecule has 1 heterocycles. The predicted molar refractivity (Wildman–Crippen MR) is 62.1 cm³/mol. The van der Waals surface area contributed by atoms with E-state index in [1.807, 2.05) is 5.32 Å². The van der Waals surface area contributed by atoms with E-state index < -0.39 is 29.1 Å². The van der Waals surface area contributed by atoms with Gasteiger partial charge in [-0.1, -0.05) is 0 Å². The van der Waals surface area contributed by atoms with Crippen LogP contribution in [0.5, 0.6) is 0 Å². The van der Waals surface area contributed by atoms with Gasteiger partial charge in [0.1, 0.15) is 12.2 Å². The van der Waals surface area contributed by atoms with Crippen molar-refractivity contribution in [3.05, 3.63) is 15.8 Å². The van der Waals surface area contributed by atoms with E-state index in [9.17, 15) is 23.3 Å². The number of halogens is 3. The summed E-state index contributed by atoms with van der Waals surface area (Å²) >= 11 is 0. The van der Waals surface area contributed by atoms with E-state index in [-0.39, 0.29) is 11.6 Å². The number of aryl methyl sites for hydroxylation is 1. The summed E-state index contributed by atoms with van der Waals surface area (Å²) in [6, 6.07) is 0. The highest BCUT2D eigenvalue weighted by molar-refractivity contribution is 5.60. The van der Waals surface area contributed by atoms with Gasteiger partial charge in [0.25, 0.3) is 0 Å². The van der Waals surface area contributed by atoms with Crippen LogP contribution in [-0.2, 0) is 0 Å². The van der Waals surface area contributed by atoms with Crippen LogP contribution < -0.4 is 10.6 Å². The van der Waals surface area contributed by atoms with E-state index in [2.05, 4.69) is 15.3 Å². The first-order chi connectivity index (χ1) is 8.74. The fourth-order valence-electron chi connectivity index (χ4n) is 1.33. The van der Waals surface area contributed by atoms with Gasteiger partial charge in [-0.2, -0.15) is 18.2 Å². The summed E-state index contributed by atoms with van der Waals surface area (Å²) in [4.78, 5) is 17.5. The van der Waals surface area contributed by atoms with Gasteiger partial charge in [-0.3, -0.25) is 10.1 Å². The maximum absolute atomic E-state index is 12.1. The Morgan fingerprint density at radius 3 is 2.42 bits per heavy atom. The van der Waals surface area contributed by atoms with Crippen molar-refractivity contribution in [1.82, 2.24) is 9.97 Å². The van der Waals surface area contributed by atoms with Crippen molar-refractivity contribution in [2.75, 3.05) is 23.7 Å². The Morgan fingerprint density at radius 2 is 1.95 bits per heavy atom. The molecule has 0 saturated carbocycles. The third-order valence-electron chi connectivity index (χ3n) is 2.03. The van der Waals surface area contributed by atoms with Gasteiger partial charge in [0.05, 0.1) is 4.92 Å². The number of nitrogens with one attached hydrogen (secondary N) is 2. The van der Waals surface area contributed by atoms with Gasteiger partial charge in [-0.05, 0) is 13.8 Å². The van der Waals surface area contributed by atoms with E-state index in [0.717, 1.165) is 0 Å². The molecule has 2 N–H and O–H groups in total. The molecule has 0 atom stereocenters. The van der Waals surface area contributed by atoms with E-state index in [1.165, 1.54) is 6.92 Å². The van der Waals surface area contributed by atoms with Gasteiger partial charge in [-0.25, -0.2) is 4.98 Å². The Hall–Kier alpha value is -2.13. The van der Waals surface area contributed by atoms with Crippen LogP contribution >= 0.6 is 0 Å². The van der Waals surface area contributed by atoms with Crippen molar-refractivity contribution in [3.8, 4) is 0 Å². The maximum atomic E-state index is 12.1. The molecule has 0 aromatic carbocycles. The van der Waals surface area contributed by atoms with E-state index in [0.29, 0.717) is 6.54 Å². The minimum Gasteiger partial charge on any atom is -0.355 e. The highest BCUT2D eigenvalue weighted by Crippen LogP contribution is 2.27. The second kappa shape index (κ2) is 5.67. The lowest BCUT2D eigenvalue weighted by atomic mass is 10.3. The lowest BCUT2D eigenvalue weighted by Gasteiger charge is -2.11. The lowest BCUT2D eigenvalue weighted by Crippen LogP contribution is -2.23. The van der Waals surface area contributed by atoms with Crippen molar-refractivity contribution in [2.45, 2.75) is 20.0 Å². The van der Waals surface area contributed by atoms with E-state index in [1.54, 1.807) is 6.92 Å². The molecule has 0 saturated heterocycles. The fourth-order valence-corrected chi connectivity index (χ4v) is 1.33. The van der Waals surface area contributed by atoms with Crippen LogP contribution in [0.2, 0.25) is 0 Å². The Kier molecular flexibility index (Phi) is 4.46. The van der Waals surface area contributed by atoms with Crippen molar-refractivity contribution < 1.29 is 18.1 Å². The first-order valence-electron chi connectivity index (χ1n) is 5.32. The zero-order valence-corrected chi connectivity index (χ0v) is 10.2. The smallest absolute Gasteiger partial charge is 0.355 e. The molecule has 0 aliphatic rings. The van der Waals surface area contributed by atoms with Gasteiger partial charge in [0.2, 0.25) is 11.8 Å². The van der Waals surface area contributed by atoms with Crippen molar-refractivity contribution in [3.63, 3.8) is 0 Å². The zero-order valence-electron chi connectivity index (χ0n) is 10.2. The van der Waals surface area contributed by atoms with E-state index >= 15 is 0 Å². The molecule has 0 bridgehead atoms. The molecule has 19 heavy (non-hydrogen) atoms. The number of hydrogen-bond acceptors (Lipinski definition) is 6. The van der Waals surface area contributed by atoms with Gasteiger partial charge in [-0.15, -0.1) is 0 Å². The van der Waals surface area contributed by atoms with Gasteiger partial charge < -0.3 is 10.6 Å². The highest BCUT2D eigenvalue weighted by atomic mass is 19.4. The third-order valence-corrected chi connectivity index (χ3v) is 2.03. The van der Waals surface area contributed by atoms with Gasteiger partial charge in [0.15, 0.2) is 0 Å². The lowest BCUT2D eigenvalue weighted by molar-refractivity contribution is -0.385. The third kappa shape index (κ3) is 4.23. The molecule has 0 radical (unpaired) electrons. The molecule has 0 fully saturated rings. The van der Waals surface area contributed by atoms with Crippen molar-refractivity contribution in [2.24, 2.45) is 0 Å². The standard InChI is InChI=1S/C9H12F3N5O2/c1-3-13-8-15-5(2)6(17(18)19)7(16-8)14-4-9(10,11)12/h3-4H2,1-2H3,(H2,13,14,15,16). The number of nitro groups is 1.